The lowest BCUT2D eigenvalue weighted by atomic mass is 9.96. The fourth-order valence-corrected chi connectivity index (χ4v) is 2.09. The molecule has 2 N–H and O–H groups in total. The molecule has 2 nitrogen and oxygen atoms in total. The summed E-state index contributed by atoms with van der Waals surface area (Å²) in [6.07, 6.45) is 0.689. The molecule has 1 aromatic carbocycles. The second-order valence-corrected chi connectivity index (χ2v) is 6.57. The quantitative estimate of drug-likeness (QED) is 0.776. The monoisotopic (exact) mass is 347 g/mol. The molecule has 1 aromatic rings. The molecule has 0 aliphatic rings. The fraction of sp³-hybridized carbons (Fsp3) is 0.571. The van der Waals surface area contributed by atoms with Gasteiger partial charge in [0.1, 0.15) is 0 Å². The minimum Gasteiger partial charge on any atom is -0.389 e. The van der Waals surface area contributed by atoms with Gasteiger partial charge in [-0.2, -0.15) is 0 Å². The van der Waals surface area contributed by atoms with E-state index in [1.54, 1.807) is 0 Å². The average molecular weight is 347 g/mol. The Balaban J connectivity index is 2.45. The molecule has 0 spiro atoms. The summed E-state index contributed by atoms with van der Waals surface area (Å²) in [6, 6.07) is 8.32. The van der Waals surface area contributed by atoms with E-state index >= 15 is 0 Å². The number of hydrogen-bond donors (Lipinski definition) is 2. The zero-order chi connectivity index (χ0) is 12.9. The molecule has 0 aliphatic heterocycles. The van der Waals surface area contributed by atoms with E-state index in [0.29, 0.717) is 18.9 Å². The van der Waals surface area contributed by atoms with Crippen molar-refractivity contribution in [3.63, 3.8) is 0 Å². The predicted molar refractivity (Wildman–Crippen MR) is 81.2 cm³/mol. The molecule has 0 aromatic heterocycles. The Kier molecular flexibility index (Phi) is 5.89. The van der Waals surface area contributed by atoms with Gasteiger partial charge in [-0.25, -0.2) is 0 Å². The van der Waals surface area contributed by atoms with Crippen LogP contribution in [-0.2, 0) is 6.42 Å². The van der Waals surface area contributed by atoms with Crippen LogP contribution in [0, 0.1) is 9.49 Å². The second kappa shape index (κ2) is 6.71. The van der Waals surface area contributed by atoms with Crippen molar-refractivity contribution in [1.82, 2.24) is 5.32 Å². The number of hydrogen-bond acceptors (Lipinski definition) is 2. The lowest BCUT2D eigenvalue weighted by molar-refractivity contribution is 0.0596. The maximum Gasteiger partial charge on any atom is 0.0783 e. The van der Waals surface area contributed by atoms with E-state index in [2.05, 4.69) is 66.0 Å². The number of rotatable bonds is 6. The molecule has 0 saturated heterocycles. The van der Waals surface area contributed by atoms with E-state index in [-0.39, 0.29) is 0 Å². The van der Waals surface area contributed by atoms with Crippen LogP contribution in [0.5, 0.6) is 0 Å². The van der Waals surface area contributed by atoms with Crippen molar-refractivity contribution in [3.8, 4) is 0 Å². The molecule has 0 aliphatic carbocycles. The Morgan fingerprint density at radius 1 is 1.29 bits per heavy atom. The molecule has 0 saturated carbocycles. The summed E-state index contributed by atoms with van der Waals surface area (Å²) in [5.41, 5.74) is 0.503. The van der Waals surface area contributed by atoms with Crippen molar-refractivity contribution in [2.75, 3.05) is 13.1 Å². The van der Waals surface area contributed by atoms with E-state index in [4.69, 9.17) is 0 Å². The van der Waals surface area contributed by atoms with Crippen molar-refractivity contribution in [2.24, 2.45) is 5.92 Å². The third-order valence-corrected chi connectivity index (χ3v) is 3.28. The van der Waals surface area contributed by atoms with E-state index in [0.717, 1.165) is 6.54 Å². The van der Waals surface area contributed by atoms with Gasteiger partial charge in [-0.3, -0.25) is 0 Å². The summed E-state index contributed by atoms with van der Waals surface area (Å²) in [5.74, 6) is 0.615. The molecule has 1 atom stereocenters. The van der Waals surface area contributed by atoms with Crippen LogP contribution >= 0.6 is 22.6 Å². The van der Waals surface area contributed by atoms with E-state index in [1.807, 2.05) is 6.92 Å². The zero-order valence-corrected chi connectivity index (χ0v) is 13.0. The van der Waals surface area contributed by atoms with E-state index in [9.17, 15) is 5.11 Å². The van der Waals surface area contributed by atoms with E-state index < -0.39 is 5.60 Å². The van der Waals surface area contributed by atoms with Crippen LogP contribution in [-0.4, -0.2) is 23.8 Å². The van der Waals surface area contributed by atoms with Gasteiger partial charge in [-0.1, -0.05) is 26.0 Å². The Bertz CT molecular complexity index is 333. The zero-order valence-electron chi connectivity index (χ0n) is 10.8. The number of nitrogens with one attached hydrogen (secondary N) is 1. The average Bonchev–Trinajstić information content (AvgIpc) is 2.20. The van der Waals surface area contributed by atoms with Gasteiger partial charge in [0.2, 0.25) is 0 Å². The number of aliphatic hydroxyl groups is 1. The summed E-state index contributed by atoms with van der Waals surface area (Å²) in [5, 5.41) is 13.6. The molecule has 96 valence electrons. The molecule has 3 heteroatoms. The Morgan fingerprint density at radius 2 is 1.88 bits per heavy atom. The van der Waals surface area contributed by atoms with Crippen molar-refractivity contribution in [3.05, 3.63) is 33.4 Å². The summed E-state index contributed by atoms with van der Waals surface area (Å²) < 4.78 is 1.23. The van der Waals surface area contributed by atoms with Crippen molar-refractivity contribution >= 4 is 22.6 Å². The maximum atomic E-state index is 10.3. The standard InChI is InChI=1S/C14H22INO/c1-11(2)9-16-10-14(3,17)8-12-4-6-13(15)7-5-12/h4-7,11,16-17H,8-10H2,1-3H3. The minimum absolute atomic E-state index is 0.615. The molecule has 0 heterocycles. The molecule has 1 rings (SSSR count). The highest BCUT2D eigenvalue weighted by atomic mass is 127. The third kappa shape index (κ3) is 6.38. The van der Waals surface area contributed by atoms with Crippen LogP contribution in [0.25, 0.3) is 0 Å². The van der Waals surface area contributed by atoms with Gasteiger partial charge in [0.15, 0.2) is 0 Å². The molecule has 0 amide bonds. The lowest BCUT2D eigenvalue weighted by Gasteiger charge is -2.24. The summed E-state index contributed by atoms with van der Waals surface area (Å²) in [6.45, 7) is 7.81. The SMILES string of the molecule is CC(C)CNCC(C)(O)Cc1ccc(I)cc1. The first-order valence-electron chi connectivity index (χ1n) is 6.06. The maximum absolute atomic E-state index is 10.3. The highest BCUT2D eigenvalue weighted by Crippen LogP contribution is 2.14. The first kappa shape index (κ1) is 14.9. The Morgan fingerprint density at radius 3 is 2.41 bits per heavy atom. The van der Waals surface area contributed by atoms with Crippen LogP contribution < -0.4 is 5.32 Å². The van der Waals surface area contributed by atoms with Gasteiger partial charge >= 0.3 is 0 Å². The van der Waals surface area contributed by atoms with Crippen LogP contribution in [0.1, 0.15) is 26.3 Å². The molecule has 0 fully saturated rings. The van der Waals surface area contributed by atoms with Gasteiger partial charge in [0.05, 0.1) is 5.60 Å². The Hall–Kier alpha value is -0.130. The van der Waals surface area contributed by atoms with Gasteiger partial charge in [0, 0.05) is 16.5 Å². The molecular weight excluding hydrogens is 325 g/mol. The van der Waals surface area contributed by atoms with Gasteiger partial charge in [-0.15, -0.1) is 0 Å². The third-order valence-electron chi connectivity index (χ3n) is 2.56. The fourth-order valence-electron chi connectivity index (χ4n) is 1.73. The van der Waals surface area contributed by atoms with E-state index in [1.165, 1.54) is 9.13 Å². The Labute approximate surface area is 118 Å². The van der Waals surface area contributed by atoms with Crippen LogP contribution in [0.2, 0.25) is 0 Å². The van der Waals surface area contributed by atoms with Gasteiger partial charge < -0.3 is 10.4 Å². The van der Waals surface area contributed by atoms with Crippen LogP contribution in [0.15, 0.2) is 24.3 Å². The molecule has 0 radical (unpaired) electrons. The molecule has 1 unspecified atom stereocenters. The van der Waals surface area contributed by atoms with Gasteiger partial charge in [-0.05, 0) is 59.7 Å². The normalized spacial score (nSPS) is 14.9. The topological polar surface area (TPSA) is 32.3 Å². The first-order chi connectivity index (χ1) is 7.89. The molecular formula is C14H22INO. The van der Waals surface area contributed by atoms with Crippen LogP contribution in [0.4, 0.5) is 0 Å². The second-order valence-electron chi connectivity index (χ2n) is 5.32. The van der Waals surface area contributed by atoms with Crippen molar-refractivity contribution in [2.45, 2.75) is 32.8 Å². The van der Waals surface area contributed by atoms with Crippen molar-refractivity contribution in [1.29, 1.82) is 0 Å². The van der Waals surface area contributed by atoms with Crippen molar-refractivity contribution < 1.29 is 5.11 Å². The summed E-state index contributed by atoms with van der Waals surface area (Å²) in [7, 11) is 0. The highest BCUT2D eigenvalue weighted by Gasteiger charge is 2.20. The molecule has 17 heavy (non-hydrogen) atoms. The summed E-state index contributed by atoms with van der Waals surface area (Å²) in [4.78, 5) is 0. The largest absolute Gasteiger partial charge is 0.389 e. The molecule has 0 bridgehead atoms. The first-order valence-corrected chi connectivity index (χ1v) is 7.14. The highest BCUT2D eigenvalue weighted by molar-refractivity contribution is 14.1. The number of benzene rings is 1. The summed E-state index contributed by atoms with van der Waals surface area (Å²) >= 11 is 2.29. The lowest BCUT2D eigenvalue weighted by Crippen LogP contribution is -2.40. The van der Waals surface area contributed by atoms with Gasteiger partial charge in [0.25, 0.3) is 0 Å². The predicted octanol–water partition coefficient (Wildman–Crippen LogP) is 2.83. The number of halogens is 1. The van der Waals surface area contributed by atoms with Crippen LogP contribution in [0.3, 0.4) is 0 Å². The minimum atomic E-state index is -0.679. The smallest absolute Gasteiger partial charge is 0.0783 e.